The van der Waals surface area contributed by atoms with Gasteiger partial charge in [0.05, 0.1) is 0 Å². The lowest BCUT2D eigenvalue weighted by atomic mass is 9.86. The molecule has 2 aromatic rings. The second-order valence-corrected chi connectivity index (χ2v) is 7.35. The summed E-state index contributed by atoms with van der Waals surface area (Å²) in [5, 5.41) is 2.87. The Hall–Kier alpha value is -2.69. The zero-order valence-corrected chi connectivity index (χ0v) is 15.7. The van der Waals surface area contributed by atoms with Gasteiger partial charge in [0.2, 0.25) is 0 Å². The lowest BCUT2D eigenvalue weighted by Gasteiger charge is -2.24. The minimum Gasteiger partial charge on any atom is -0.486 e. The molecule has 5 nitrogen and oxygen atoms in total. The quantitative estimate of drug-likeness (QED) is 0.895. The van der Waals surface area contributed by atoms with Gasteiger partial charge in [-0.1, -0.05) is 39.0 Å². The Morgan fingerprint density at radius 1 is 1.08 bits per heavy atom. The highest BCUT2D eigenvalue weighted by Gasteiger charge is 2.22. The maximum Gasteiger partial charge on any atom is 0.265 e. The van der Waals surface area contributed by atoms with E-state index in [0.29, 0.717) is 30.4 Å². The summed E-state index contributed by atoms with van der Waals surface area (Å²) in [5.41, 5.74) is 1.65. The van der Waals surface area contributed by atoms with Crippen LogP contribution in [-0.4, -0.2) is 25.2 Å². The van der Waals surface area contributed by atoms with Crippen molar-refractivity contribution in [3.05, 3.63) is 48.0 Å². The molecule has 138 valence electrons. The number of para-hydroxylation sites is 1. The third-order valence-electron chi connectivity index (χ3n) is 4.18. The summed E-state index contributed by atoms with van der Waals surface area (Å²) in [6.45, 7) is 9.15. The van der Waals surface area contributed by atoms with Gasteiger partial charge in [0, 0.05) is 11.8 Å². The van der Waals surface area contributed by atoms with Crippen molar-refractivity contribution < 1.29 is 19.0 Å². The summed E-state index contributed by atoms with van der Waals surface area (Å²) in [6, 6.07) is 13.2. The van der Waals surface area contributed by atoms with Gasteiger partial charge in [0.1, 0.15) is 19.0 Å². The predicted molar refractivity (Wildman–Crippen MR) is 101 cm³/mol. The van der Waals surface area contributed by atoms with E-state index in [2.05, 4.69) is 26.1 Å². The molecule has 1 unspecified atom stereocenters. The van der Waals surface area contributed by atoms with Gasteiger partial charge in [0.15, 0.2) is 17.6 Å². The third kappa shape index (κ3) is 4.10. The second kappa shape index (κ2) is 7.28. The molecule has 3 rings (SSSR count). The van der Waals surface area contributed by atoms with Crippen LogP contribution in [0.25, 0.3) is 0 Å². The molecule has 1 aliphatic heterocycles. The van der Waals surface area contributed by atoms with Gasteiger partial charge in [-0.2, -0.15) is 0 Å². The van der Waals surface area contributed by atoms with Crippen molar-refractivity contribution in [2.45, 2.75) is 39.2 Å². The van der Waals surface area contributed by atoms with E-state index in [1.165, 1.54) is 0 Å². The number of anilines is 1. The van der Waals surface area contributed by atoms with Crippen LogP contribution >= 0.6 is 0 Å². The molecule has 1 heterocycles. The van der Waals surface area contributed by atoms with Crippen molar-refractivity contribution >= 4 is 11.6 Å². The van der Waals surface area contributed by atoms with Gasteiger partial charge >= 0.3 is 0 Å². The van der Waals surface area contributed by atoms with Crippen LogP contribution in [0.15, 0.2) is 42.5 Å². The van der Waals surface area contributed by atoms with Crippen LogP contribution in [0.5, 0.6) is 17.2 Å². The summed E-state index contributed by atoms with van der Waals surface area (Å²) < 4.78 is 17.0. The molecule has 0 radical (unpaired) electrons. The molecule has 0 bridgehead atoms. The van der Waals surface area contributed by atoms with Crippen molar-refractivity contribution in [1.29, 1.82) is 0 Å². The van der Waals surface area contributed by atoms with Crippen LogP contribution in [0.2, 0.25) is 0 Å². The number of rotatable bonds is 4. The van der Waals surface area contributed by atoms with Crippen molar-refractivity contribution in [2.75, 3.05) is 18.5 Å². The van der Waals surface area contributed by atoms with E-state index in [9.17, 15) is 4.79 Å². The SMILES string of the molecule is CC(Oc1ccccc1C(C)(C)C)C(=O)Nc1ccc2c(c1)OCCO2. The Labute approximate surface area is 154 Å². The fraction of sp³-hybridized carbons (Fsp3) is 0.381. The minimum atomic E-state index is -0.633. The molecule has 0 fully saturated rings. The van der Waals surface area contributed by atoms with Crippen LogP contribution < -0.4 is 19.5 Å². The van der Waals surface area contributed by atoms with Gasteiger partial charge in [-0.05, 0) is 36.1 Å². The average Bonchev–Trinajstić information content (AvgIpc) is 2.61. The Morgan fingerprint density at radius 2 is 1.77 bits per heavy atom. The van der Waals surface area contributed by atoms with Crippen LogP contribution in [0.4, 0.5) is 5.69 Å². The summed E-state index contributed by atoms with van der Waals surface area (Å²) in [7, 11) is 0. The monoisotopic (exact) mass is 355 g/mol. The number of nitrogens with one attached hydrogen (secondary N) is 1. The molecule has 26 heavy (non-hydrogen) atoms. The van der Waals surface area contributed by atoms with Gasteiger partial charge in [0.25, 0.3) is 5.91 Å². The first kappa shape index (κ1) is 18.1. The normalized spacial score (nSPS) is 14.5. The number of hydrogen-bond acceptors (Lipinski definition) is 4. The van der Waals surface area contributed by atoms with Crippen LogP contribution in [0.1, 0.15) is 33.3 Å². The predicted octanol–water partition coefficient (Wildman–Crippen LogP) is 4.16. The first-order chi connectivity index (χ1) is 12.3. The highest BCUT2D eigenvalue weighted by atomic mass is 16.6. The molecule has 1 amide bonds. The Bertz CT molecular complexity index is 795. The number of carbonyl (C=O) groups is 1. The van der Waals surface area contributed by atoms with E-state index >= 15 is 0 Å². The molecule has 5 heteroatoms. The molecule has 0 spiro atoms. The zero-order valence-electron chi connectivity index (χ0n) is 15.7. The fourth-order valence-electron chi connectivity index (χ4n) is 2.80. The van der Waals surface area contributed by atoms with Gasteiger partial charge in [-0.15, -0.1) is 0 Å². The average molecular weight is 355 g/mol. The van der Waals surface area contributed by atoms with Crippen molar-refractivity contribution in [3.8, 4) is 17.2 Å². The number of amides is 1. The molecule has 1 N–H and O–H groups in total. The maximum absolute atomic E-state index is 12.5. The molecule has 0 aromatic heterocycles. The molecule has 2 aromatic carbocycles. The fourth-order valence-corrected chi connectivity index (χ4v) is 2.80. The maximum atomic E-state index is 12.5. The highest BCUT2D eigenvalue weighted by molar-refractivity contribution is 5.94. The lowest BCUT2D eigenvalue weighted by molar-refractivity contribution is -0.122. The van der Waals surface area contributed by atoms with Gasteiger partial charge in [-0.3, -0.25) is 4.79 Å². The molecule has 0 saturated heterocycles. The number of hydrogen-bond donors (Lipinski definition) is 1. The summed E-state index contributed by atoms with van der Waals surface area (Å²) in [5.74, 6) is 1.84. The van der Waals surface area contributed by atoms with Crippen LogP contribution in [0.3, 0.4) is 0 Å². The first-order valence-corrected chi connectivity index (χ1v) is 8.81. The minimum absolute atomic E-state index is 0.0668. The highest BCUT2D eigenvalue weighted by Crippen LogP contribution is 2.33. The van der Waals surface area contributed by atoms with Crippen LogP contribution in [-0.2, 0) is 10.2 Å². The van der Waals surface area contributed by atoms with Crippen molar-refractivity contribution in [1.82, 2.24) is 0 Å². The Morgan fingerprint density at radius 3 is 2.50 bits per heavy atom. The molecule has 0 saturated carbocycles. The first-order valence-electron chi connectivity index (χ1n) is 8.81. The molecule has 1 aliphatic rings. The standard InChI is InChI=1S/C21H25NO4/c1-14(26-17-8-6-5-7-16(17)21(2,3)4)20(23)22-15-9-10-18-19(13-15)25-12-11-24-18/h5-10,13-14H,11-12H2,1-4H3,(H,22,23). The Balaban J connectivity index is 1.69. The van der Waals surface area contributed by atoms with E-state index in [1.54, 1.807) is 25.1 Å². The van der Waals surface area contributed by atoms with Crippen molar-refractivity contribution in [2.24, 2.45) is 0 Å². The zero-order chi connectivity index (χ0) is 18.7. The van der Waals surface area contributed by atoms with E-state index in [0.717, 1.165) is 11.3 Å². The molecule has 1 atom stereocenters. The summed E-state index contributed by atoms with van der Waals surface area (Å²) in [6.07, 6.45) is -0.633. The van der Waals surface area contributed by atoms with E-state index in [4.69, 9.17) is 14.2 Å². The number of ether oxygens (including phenoxy) is 3. The van der Waals surface area contributed by atoms with Gasteiger partial charge < -0.3 is 19.5 Å². The lowest BCUT2D eigenvalue weighted by Crippen LogP contribution is -2.31. The number of fused-ring (bicyclic) bond motifs is 1. The number of carbonyl (C=O) groups excluding carboxylic acids is 1. The Kier molecular flexibility index (Phi) is 5.07. The molecular weight excluding hydrogens is 330 g/mol. The topological polar surface area (TPSA) is 56.8 Å². The van der Waals surface area contributed by atoms with E-state index < -0.39 is 6.10 Å². The number of benzene rings is 2. The van der Waals surface area contributed by atoms with Crippen molar-refractivity contribution in [3.63, 3.8) is 0 Å². The third-order valence-corrected chi connectivity index (χ3v) is 4.18. The van der Waals surface area contributed by atoms with E-state index in [-0.39, 0.29) is 11.3 Å². The van der Waals surface area contributed by atoms with E-state index in [1.807, 2.05) is 24.3 Å². The second-order valence-electron chi connectivity index (χ2n) is 7.35. The van der Waals surface area contributed by atoms with Gasteiger partial charge in [-0.25, -0.2) is 0 Å². The molecule has 0 aliphatic carbocycles. The smallest absolute Gasteiger partial charge is 0.265 e. The summed E-state index contributed by atoms with van der Waals surface area (Å²) >= 11 is 0. The summed E-state index contributed by atoms with van der Waals surface area (Å²) in [4.78, 5) is 12.5. The molecular formula is C21H25NO4. The van der Waals surface area contributed by atoms with Crippen LogP contribution in [0, 0.1) is 0 Å². The largest absolute Gasteiger partial charge is 0.486 e.